The van der Waals surface area contributed by atoms with Crippen LogP contribution in [-0.4, -0.2) is 37.2 Å². The van der Waals surface area contributed by atoms with Crippen LogP contribution in [0.25, 0.3) is 0 Å². The molecule has 0 N–H and O–H groups in total. The van der Waals surface area contributed by atoms with Crippen molar-refractivity contribution in [1.82, 2.24) is 0 Å². The van der Waals surface area contributed by atoms with Gasteiger partial charge in [0.2, 0.25) is 0 Å². The summed E-state index contributed by atoms with van der Waals surface area (Å²) in [5.41, 5.74) is 0. The van der Waals surface area contributed by atoms with Gasteiger partial charge in [0, 0.05) is 19.3 Å². The summed E-state index contributed by atoms with van der Waals surface area (Å²) in [7, 11) is 0. The Labute approximate surface area is 516 Å². The molecular formula is C77H138O6. The number of hydrogen-bond donors (Lipinski definition) is 0. The zero-order valence-electron chi connectivity index (χ0n) is 55.5. The van der Waals surface area contributed by atoms with E-state index in [-0.39, 0.29) is 31.1 Å². The van der Waals surface area contributed by atoms with Gasteiger partial charge in [0.1, 0.15) is 13.2 Å². The maximum atomic E-state index is 13.0. The van der Waals surface area contributed by atoms with Gasteiger partial charge in [0.15, 0.2) is 6.10 Å². The molecule has 0 aromatic rings. The first-order valence-corrected chi connectivity index (χ1v) is 36.4. The van der Waals surface area contributed by atoms with Crippen molar-refractivity contribution in [2.75, 3.05) is 13.2 Å². The summed E-state index contributed by atoms with van der Waals surface area (Å²) < 4.78 is 17.0. The normalized spacial score (nSPS) is 12.5. The number of carbonyl (C=O) groups excluding carboxylic acids is 3. The van der Waals surface area contributed by atoms with Gasteiger partial charge in [-0.3, -0.25) is 14.4 Å². The van der Waals surface area contributed by atoms with E-state index in [1.807, 2.05) is 0 Å². The van der Waals surface area contributed by atoms with E-state index >= 15 is 0 Å². The number of allylic oxidation sites excluding steroid dienone is 12. The third kappa shape index (κ3) is 69.5. The van der Waals surface area contributed by atoms with Gasteiger partial charge in [-0.1, -0.05) is 325 Å². The molecule has 1 atom stereocenters. The SMILES string of the molecule is CC/C=C\C/C=C\C/C=C\C/C=C\CCCCCCCCCCCCCCCCCCCCC(=O)OCC(COC(=O)CCCCCCC/C=C\CCCCCCCCC)OC(=O)CCCCCCCCC/C=C\CCCCCCCCC. The summed E-state index contributed by atoms with van der Waals surface area (Å²) in [6, 6.07) is 0. The molecular weight excluding hydrogens is 1020 g/mol. The molecule has 0 aromatic heterocycles. The Bertz CT molecular complexity index is 1520. The molecule has 482 valence electrons. The monoisotopic (exact) mass is 1160 g/mol. The second kappa shape index (κ2) is 71.3. The molecule has 0 saturated carbocycles. The van der Waals surface area contributed by atoms with Gasteiger partial charge in [0.05, 0.1) is 0 Å². The maximum Gasteiger partial charge on any atom is 0.306 e. The molecule has 0 radical (unpaired) electrons. The Morgan fingerprint density at radius 2 is 0.470 bits per heavy atom. The molecule has 0 rings (SSSR count). The minimum absolute atomic E-state index is 0.0751. The Morgan fingerprint density at radius 3 is 0.747 bits per heavy atom. The first-order valence-electron chi connectivity index (χ1n) is 36.4. The Morgan fingerprint density at radius 1 is 0.253 bits per heavy atom. The van der Waals surface area contributed by atoms with Crippen LogP contribution in [0.1, 0.15) is 380 Å². The lowest BCUT2D eigenvalue weighted by molar-refractivity contribution is -0.167. The zero-order valence-corrected chi connectivity index (χ0v) is 55.5. The first-order chi connectivity index (χ1) is 41.0. The number of unbranched alkanes of at least 4 members (excludes halogenated alkanes) is 44. The van der Waals surface area contributed by atoms with Crippen LogP contribution in [0.2, 0.25) is 0 Å². The van der Waals surface area contributed by atoms with Crippen LogP contribution in [0, 0.1) is 0 Å². The zero-order chi connectivity index (χ0) is 59.9. The number of rotatable bonds is 67. The highest BCUT2D eigenvalue weighted by atomic mass is 16.6. The molecule has 6 heteroatoms. The molecule has 0 amide bonds. The van der Waals surface area contributed by atoms with Gasteiger partial charge in [0.25, 0.3) is 0 Å². The van der Waals surface area contributed by atoms with Crippen molar-refractivity contribution in [3.63, 3.8) is 0 Å². The number of carbonyl (C=O) groups is 3. The van der Waals surface area contributed by atoms with Crippen LogP contribution in [0.3, 0.4) is 0 Å². The maximum absolute atomic E-state index is 13.0. The average molecular weight is 1160 g/mol. The van der Waals surface area contributed by atoms with Crippen molar-refractivity contribution in [3.05, 3.63) is 72.9 Å². The molecule has 1 unspecified atom stereocenters. The van der Waals surface area contributed by atoms with E-state index in [0.717, 1.165) is 89.9 Å². The molecule has 0 fully saturated rings. The summed E-state index contributed by atoms with van der Waals surface area (Å²) in [5, 5.41) is 0. The predicted octanol–water partition coefficient (Wildman–Crippen LogP) is 25.2. The quantitative estimate of drug-likeness (QED) is 0.0261. The predicted molar refractivity (Wildman–Crippen MR) is 362 cm³/mol. The summed E-state index contributed by atoms with van der Waals surface area (Å²) in [5.74, 6) is -0.864. The summed E-state index contributed by atoms with van der Waals surface area (Å²) in [4.78, 5) is 38.5. The van der Waals surface area contributed by atoms with Crippen molar-refractivity contribution in [1.29, 1.82) is 0 Å². The highest BCUT2D eigenvalue weighted by molar-refractivity contribution is 5.71. The van der Waals surface area contributed by atoms with Crippen LogP contribution >= 0.6 is 0 Å². The topological polar surface area (TPSA) is 78.9 Å². The Hall–Kier alpha value is -3.15. The third-order valence-corrected chi connectivity index (χ3v) is 16.2. The van der Waals surface area contributed by atoms with Crippen molar-refractivity contribution in [2.45, 2.75) is 386 Å². The fourth-order valence-electron chi connectivity index (χ4n) is 10.7. The summed E-state index contributed by atoms with van der Waals surface area (Å²) >= 11 is 0. The summed E-state index contributed by atoms with van der Waals surface area (Å²) in [6.45, 7) is 6.57. The average Bonchev–Trinajstić information content (AvgIpc) is 3.49. The third-order valence-electron chi connectivity index (χ3n) is 16.2. The highest BCUT2D eigenvalue weighted by Gasteiger charge is 2.19. The van der Waals surface area contributed by atoms with Gasteiger partial charge < -0.3 is 14.2 Å². The van der Waals surface area contributed by atoms with E-state index in [1.165, 1.54) is 250 Å². The molecule has 0 aliphatic rings. The van der Waals surface area contributed by atoms with Crippen molar-refractivity contribution in [3.8, 4) is 0 Å². The van der Waals surface area contributed by atoms with Gasteiger partial charge >= 0.3 is 17.9 Å². The molecule has 0 saturated heterocycles. The van der Waals surface area contributed by atoms with E-state index in [4.69, 9.17) is 14.2 Å². The molecule has 6 nitrogen and oxygen atoms in total. The van der Waals surface area contributed by atoms with Gasteiger partial charge in [-0.2, -0.15) is 0 Å². The Kier molecular flexibility index (Phi) is 68.6. The minimum Gasteiger partial charge on any atom is -0.462 e. The van der Waals surface area contributed by atoms with E-state index in [1.54, 1.807) is 0 Å². The highest BCUT2D eigenvalue weighted by Crippen LogP contribution is 2.18. The van der Waals surface area contributed by atoms with E-state index < -0.39 is 6.10 Å². The molecule has 0 aromatic carbocycles. The van der Waals surface area contributed by atoms with Crippen LogP contribution in [0.15, 0.2) is 72.9 Å². The second-order valence-electron chi connectivity index (χ2n) is 24.5. The van der Waals surface area contributed by atoms with E-state index in [0.29, 0.717) is 19.3 Å². The van der Waals surface area contributed by atoms with Crippen molar-refractivity contribution in [2.24, 2.45) is 0 Å². The van der Waals surface area contributed by atoms with Gasteiger partial charge in [-0.15, -0.1) is 0 Å². The molecule has 0 spiro atoms. The van der Waals surface area contributed by atoms with Crippen LogP contribution in [0.5, 0.6) is 0 Å². The van der Waals surface area contributed by atoms with E-state index in [2.05, 4.69) is 93.7 Å². The molecule has 0 bridgehead atoms. The standard InChI is InChI=1S/C77H138O6/c1-4-7-10-13-16-19-22-25-28-31-33-34-35-36-37-38-39-40-41-42-43-44-45-47-49-52-55-58-61-64-67-70-76(79)82-73-74(72-81-75(78)69-66-63-60-57-54-51-48-30-27-24-21-18-15-12-9-6-3)83-77(80)71-68-65-62-59-56-53-50-46-32-29-26-23-20-17-14-11-8-5-2/h7,10,16,19,25,28-30,32-34,48,74H,4-6,8-9,11-15,17-18,20-24,26-27,31,35-47,49-73H2,1-3H3/b10-7-,19-16-,28-25-,32-29-,34-33-,48-30-. The first kappa shape index (κ1) is 79.8. The lowest BCUT2D eigenvalue weighted by Crippen LogP contribution is -2.30. The van der Waals surface area contributed by atoms with Crippen LogP contribution in [0.4, 0.5) is 0 Å². The lowest BCUT2D eigenvalue weighted by atomic mass is 10.0. The fourth-order valence-corrected chi connectivity index (χ4v) is 10.7. The fraction of sp³-hybridized carbons (Fsp3) is 0.805. The second-order valence-corrected chi connectivity index (χ2v) is 24.5. The van der Waals surface area contributed by atoms with Crippen LogP contribution in [-0.2, 0) is 28.6 Å². The molecule has 0 aliphatic carbocycles. The number of ether oxygens (including phenoxy) is 3. The van der Waals surface area contributed by atoms with Gasteiger partial charge in [-0.25, -0.2) is 0 Å². The summed E-state index contributed by atoms with van der Waals surface area (Å²) in [6.07, 6.45) is 93.7. The van der Waals surface area contributed by atoms with E-state index in [9.17, 15) is 14.4 Å². The molecule has 83 heavy (non-hydrogen) atoms. The lowest BCUT2D eigenvalue weighted by Gasteiger charge is -2.18. The Balaban J connectivity index is 4.23. The molecule has 0 heterocycles. The van der Waals surface area contributed by atoms with Crippen molar-refractivity contribution < 1.29 is 28.6 Å². The van der Waals surface area contributed by atoms with Gasteiger partial charge in [-0.05, 0) is 109 Å². The minimum atomic E-state index is -0.780. The largest absolute Gasteiger partial charge is 0.462 e. The van der Waals surface area contributed by atoms with Crippen LogP contribution < -0.4 is 0 Å². The number of esters is 3. The number of hydrogen-bond acceptors (Lipinski definition) is 6. The molecule has 0 aliphatic heterocycles. The smallest absolute Gasteiger partial charge is 0.306 e. The van der Waals surface area contributed by atoms with Crippen molar-refractivity contribution >= 4 is 17.9 Å².